The van der Waals surface area contributed by atoms with E-state index in [2.05, 4.69) is 32.7 Å². The molecule has 2 aliphatic heterocycles. The molecule has 3 aliphatic carbocycles. The molecule has 2 N–H and O–H groups in total. The number of aliphatic hydroxyl groups is 1. The molecule has 0 radical (unpaired) electrons. The number of benzene rings is 2. The molecule has 2 bridgehead atoms. The van der Waals surface area contributed by atoms with Gasteiger partial charge in [-0.05, 0) is 80.8 Å². The number of ether oxygens (including phenoxy) is 1. The first-order valence-electron chi connectivity index (χ1n) is 14.9. The zero-order valence-corrected chi connectivity index (χ0v) is 24.4. The Hall–Kier alpha value is -3.01. The molecule has 1 unspecified atom stereocenters. The van der Waals surface area contributed by atoms with Crippen molar-refractivity contribution in [1.82, 2.24) is 4.90 Å². The summed E-state index contributed by atoms with van der Waals surface area (Å²) < 4.78 is 7.57. The number of carbonyl (C=O) groups is 1. The van der Waals surface area contributed by atoms with Crippen LogP contribution < -0.4 is 4.74 Å². The van der Waals surface area contributed by atoms with E-state index in [9.17, 15) is 15.0 Å². The number of aryl methyl sites for hydroxylation is 1. The van der Waals surface area contributed by atoms with E-state index in [4.69, 9.17) is 4.74 Å². The summed E-state index contributed by atoms with van der Waals surface area (Å²) in [5, 5.41) is 23.8. The van der Waals surface area contributed by atoms with Crippen LogP contribution in [-0.4, -0.2) is 76.5 Å². The number of phenols is 1. The molecule has 6 atom stereocenters. The van der Waals surface area contributed by atoms with Gasteiger partial charge >= 0.3 is 0 Å². The lowest BCUT2D eigenvalue weighted by Crippen LogP contribution is -2.82. The number of nitrogens with zero attached hydrogens (tertiary/aromatic N) is 2. The quantitative estimate of drug-likeness (QED) is 0.457. The number of aromatic hydroxyl groups is 1. The Morgan fingerprint density at radius 3 is 2.65 bits per heavy atom. The van der Waals surface area contributed by atoms with Gasteiger partial charge in [0.1, 0.15) is 17.7 Å². The first-order chi connectivity index (χ1) is 19.0. The Bertz CT molecular complexity index is 1500. The van der Waals surface area contributed by atoms with Gasteiger partial charge in [0.25, 0.3) is 5.91 Å². The van der Waals surface area contributed by atoms with Gasteiger partial charge < -0.3 is 24.3 Å². The molecule has 1 spiro atoms. The highest BCUT2D eigenvalue weighted by Crippen LogP contribution is 2.66. The summed E-state index contributed by atoms with van der Waals surface area (Å²) in [6.45, 7) is 8.30. The standard InChI is InChI=1S/C34H40N2O4/c1-20-6-9-24(22(3)21(20)2)11-13-29(38)35(4)26-14-15-34(39)28-18-25-10-12-27(37)31-30(25)33(34,32(26)40-31)16-17-36(28,5)19-23-7-8-23/h6,9-10,12,23,26,28,32,39H,7-8,14-19H2,1-5H3/p+1/t26-,28-,32+,33+,34-,36?/m1/s1. The molecule has 2 aromatic carbocycles. The van der Waals surface area contributed by atoms with Crippen molar-refractivity contribution in [2.45, 2.75) is 88.5 Å². The molecule has 3 fully saturated rings. The third-order valence-corrected chi connectivity index (χ3v) is 11.6. The van der Waals surface area contributed by atoms with Gasteiger partial charge in [-0.3, -0.25) is 4.79 Å². The number of quaternary nitrogens is 1. The van der Waals surface area contributed by atoms with Gasteiger partial charge in [0.2, 0.25) is 0 Å². The van der Waals surface area contributed by atoms with Crippen LogP contribution in [0.15, 0.2) is 24.3 Å². The lowest BCUT2D eigenvalue weighted by atomic mass is 9.47. The highest BCUT2D eigenvalue weighted by molar-refractivity contribution is 5.94. The van der Waals surface area contributed by atoms with Crippen LogP contribution in [0, 0.1) is 38.5 Å². The van der Waals surface area contributed by atoms with Crippen molar-refractivity contribution in [2.24, 2.45) is 5.92 Å². The lowest BCUT2D eigenvalue weighted by molar-refractivity contribution is -0.950. The van der Waals surface area contributed by atoms with Crippen molar-refractivity contribution in [3.63, 3.8) is 0 Å². The summed E-state index contributed by atoms with van der Waals surface area (Å²) in [4.78, 5) is 15.3. The molecule has 6 nitrogen and oxygen atoms in total. The predicted molar refractivity (Wildman–Crippen MR) is 153 cm³/mol. The molecule has 2 saturated carbocycles. The van der Waals surface area contributed by atoms with Crippen LogP contribution in [0.4, 0.5) is 0 Å². The summed E-state index contributed by atoms with van der Waals surface area (Å²) in [7, 11) is 4.16. The number of phenolic OH excluding ortho intramolecular Hbond substituents is 1. The second-order valence-corrected chi connectivity index (χ2v) is 13.6. The third kappa shape index (κ3) is 3.34. The Labute approximate surface area is 237 Å². The fourth-order valence-electron chi connectivity index (χ4n) is 8.98. The first-order valence-corrected chi connectivity index (χ1v) is 14.9. The van der Waals surface area contributed by atoms with Crippen molar-refractivity contribution in [3.05, 3.63) is 57.6 Å². The van der Waals surface area contributed by atoms with Crippen LogP contribution in [0.2, 0.25) is 0 Å². The molecule has 210 valence electrons. The van der Waals surface area contributed by atoms with E-state index in [1.165, 1.54) is 29.5 Å². The molecule has 2 aromatic rings. The molecule has 1 amide bonds. The number of hydrogen-bond acceptors (Lipinski definition) is 4. The van der Waals surface area contributed by atoms with E-state index in [1.807, 2.05) is 32.2 Å². The molecular formula is C34H41N2O4+. The summed E-state index contributed by atoms with van der Waals surface area (Å²) in [6.07, 6.45) is 4.98. The number of likely N-dealkylation sites (tertiary alicyclic amines) is 1. The zero-order chi connectivity index (χ0) is 28.2. The van der Waals surface area contributed by atoms with Gasteiger partial charge in [-0.25, -0.2) is 0 Å². The van der Waals surface area contributed by atoms with E-state index in [0.717, 1.165) is 53.0 Å². The van der Waals surface area contributed by atoms with E-state index in [0.29, 0.717) is 18.6 Å². The van der Waals surface area contributed by atoms with Crippen molar-refractivity contribution < 1.29 is 24.2 Å². The van der Waals surface area contributed by atoms with E-state index >= 15 is 0 Å². The Kier molecular flexibility index (Phi) is 5.51. The number of hydrogen-bond donors (Lipinski definition) is 2. The molecule has 2 heterocycles. The Balaban J connectivity index is 1.26. The minimum absolute atomic E-state index is 0.0745. The SMILES string of the molecule is Cc1ccc(C#CC(=O)N(C)[C@@H]2CC[C@@]3(O)[C@H]4Cc5ccc(O)c6c5[C@@]3(CC[N+]4(C)CC3CC3)[C@H]2O6)c(C)c1C. The van der Waals surface area contributed by atoms with Crippen LogP contribution in [0.1, 0.15) is 65.5 Å². The predicted octanol–water partition coefficient (Wildman–Crippen LogP) is 3.90. The van der Waals surface area contributed by atoms with Crippen LogP contribution in [0.3, 0.4) is 0 Å². The molecular weight excluding hydrogens is 500 g/mol. The summed E-state index contributed by atoms with van der Waals surface area (Å²) in [6, 6.07) is 7.64. The molecule has 1 saturated heterocycles. The van der Waals surface area contributed by atoms with E-state index in [1.54, 1.807) is 11.0 Å². The largest absolute Gasteiger partial charge is 0.504 e. The molecule has 7 rings (SSSR count). The van der Waals surface area contributed by atoms with Gasteiger partial charge in [-0.15, -0.1) is 0 Å². The first kappa shape index (κ1) is 25.9. The lowest BCUT2D eigenvalue weighted by Gasteiger charge is -2.66. The number of amides is 1. The highest BCUT2D eigenvalue weighted by Gasteiger charge is 2.76. The number of rotatable bonds is 3. The van der Waals surface area contributed by atoms with Gasteiger partial charge in [0.05, 0.1) is 31.6 Å². The van der Waals surface area contributed by atoms with Crippen molar-refractivity contribution in [3.8, 4) is 23.3 Å². The second kappa shape index (κ2) is 8.50. The monoisotopic (exact) mass is 541 g/mol. The maximum atomic E-state index is 13.5. The van der Waals surface area contributed by atoms with Crippen LogP contribution >= 0.6 is 0 Å². The topological polar surface area (TPSA) is 70.0 Å². The second-order valence-electron chi connectivity index (χ2n) is 13.6. The van der Waals surface area contributed by atoms with Crippen LogP contribution in [-0.2, 0) is 16.6 Å². The Morgan fingerprint density at radius 1 is 1.12 bits per heavy atom. The molecule has 40 heavy (non-hydrogen) atoms. The van der Waals surface area contributed by atoms with Gasteiger partial charge in [-0.2, -0.15) is 0 Å². The van der Waals surface area contributed by atoms with Crippen molar-refractivity contribution in [2.75, 3.05) is 27.2 Å². The summed E-state index contributed by atoms with van der Waals surface area (Å²) in [5.41, 5.74) is 4.97. The Morgan fingerprint density at radius 2 is 1.90 bits per heavy atom. The van der Waals surface area contributed by atoms with E-state index in [-0.39, 0.29) is 23.7 Å². The van der Waals surface area contributed by atoms with Crippen LogP contribution in [0.25, 0.3) is 0 Å². The van der Waals surface area contributed by atoms with Gasteiger partial charge in [-0.1, -0.05) is 18.1 Å². The molecule has 6 heteroatoms. The number of carbonyl (C=O) groups excluding carboxylic acids is 1. The van der Waals surface area contributed by atoms with Crippen molar-refractivity contribution >= 4 is 5.91 Å². The smallest absolute Gasteiger partial charge is 0.298 e. The number of piperidine rings is 1. The zero-order valence-electron chi connectivity index (χ0n) is 24.4. The van der Waals surface area contributed by atoms with Crippen molar-refractivity contribution in [1.29, 1.82) is 0 Å². The van der Waals surface area contributed by atoms with Gasteiger partial charge in [0, 0.05) is 42.9 Å². The number of likely N-dealkylation sites (N-methyl/N-ethyl adjacent to an activating group) is 2. The van der Waals surface area contributed by atoms with Gasteiger partial charge in [0.15, 0.2) is 11.5 Å². The molecule has 0 aromatic heterocycles. The fraction of sp³-hybridized carbons (Fsp3) is 0.559. The normalized spacial score (nSPS) is 34.8. The average Bonchev–Trinajstić information content (AvgIpc) is 3.66. The average molecular weight is 542 g/mol. The molecule has 5 aliphatic rings. The maximum absolute atomic E-state index is 13.5. The summed E-state index contributed by atoms with van der Waals surface area (Å²) >= 11 is 0. The maximum Gasteiger partial charge on any atom is 0.298 e. The fourth-order valence-corrected chi connectivity index (χ4v) is 8.98. The third-order valence-electron chi connectivity index (χ3n) is 11.6. The van der Waals surface area contributed by atoms with E-state index < -0.39 is 17.1 Å². The highest BCUT2D eigenvalue weighted by atomic mass is 16.5. The summed E-state index contributed by atoms with van der Waals surface area (Å²) in [5.74, 6) is 7.19. The minimum Gasteiger partial charge on any atom is -0.504 e. The van der Waals surface area contributed by atoms with Crippen LogP contribution in [0.5, 0.6) is 11.5 Å². The minimum atomic E-state index is -0.950.